The zero-order valence-corrected chi connectivity index (χ0v) is 13.9. The van der Waals surface area contributed by atoms with Crippen molar-refractivity contribution in [1.82, 2.24) is 5.32 Å². The Hall–Kier alpha value is -2.77. The van der Waals surface area contributed by atoms with Gasteiger partial charge in [-0.3, -0.25) is 0 Å². The number of carbonyl (C=O) groups excluding carboxylic acids is 3. The van der Waals surface area contributed by atoms with E-state index in [1.807, 2.05) is 0 Å². The van der Waals surface area contributed by atoms with E-state index in [4.69, 9.17) is 18.9 Å². The lowest BCUT2D eigenvalue weighted by Crippen LogP contribution is -2.36. The summed E-state index contributed by atoms with van der Waals surface area (Å²) >= 11 is 0. The molecule has 0 fully saturated rings. The Bertz CT molecular complexity index is 479. The zero-order chi connectivity index (χ0) is 18.4. The van der Waals surface area contributed by atoms with Gasteiger partial charge in [-0.1, -0.05) is 19.2 Å². The summed E-state index contributed by atoms with van der Waals surface area (Å²) in [4.78, 5) is 33.6. The first-order chi connectivity index (χ1) is 11.4. The quantitative estimate of drug-likeness (QED) is 0.200. The van der Waals surface area contributed by atoms with E-state index in [9.17, 15) is 14.4 Å². The minimum Gasteiger partial charge on any atom is -0.495 e. The van der Waals surface area contributed by atoms with E-state index in [1.54, 1.807) is 19.9 Å². The van der Waals surface area contributed by atoms with E-state index in [1.165, 1.54) is 0 Å². The second-order valence-electron chi connectivity index (χ2n) is 4.37. The molecule has 0 heterocycles. The Morgan fingerprint density at radius 2 is 1.62 bits per heavy atom. The van der Waals surface area contributed by atoms with E-state index in [2.05, 4.69) is 18.5 Å². The third kappa shape index (κ3) is 10.9. The van der Waals surface area contributed by atoms with E-state index in [0.29, 0.717) is 5.76 Å². The van der Waals surface area contributed by atoms with Gasteiger partial charge in [-0.15, -0.1) is 0 Å². The lowest BCUT2D eigenvalue weighted by molar-refractivity contribution is -0.141. The number of ether oxygens (including phenoxy) is 4. The van der Waals surface area contributed by atoms with Crippen molar-refractivity contribution in [1.29, 1.82) is 0 Å². The summed E-state index contributed by atoms with van der Waals surface area (Å²) in [6.45, 7) is 9.92. The fourth-order valence-electron chi connectivity index (χ4n) is 1.21. The van der Waals surface area contributed by atoms with Crippen molar-refractivity contribution in [3.63, 3.8) is 0 Å². The van der Waals surface area contributed by atoms with Gasteiger partial charge in [0.1, 0.15) is 19.8 Å². The molecule has 8 nitrogen and oxygen atoms in total. The van der Waals surface area contributed by atoms with Crippen molar-refractivity contribution in [2.24, 2.45) is 0 Å². The van der Waals surface area contributed by atoms with Gasteiger partial charge >= 0.3 is 18.0 Å². The third-order valence-electron chi connectivity index (χ3n) is 2.54. The molecular formula is C16H23NO7. The lowest BCUT2D eigenvalue weighted by atomic mass is 10.4. The van der Waals surface area contributed by atoms with Gasteiger partial charge in [0.05, 0.1) is 12.3 Å². The fraction of sp³-hybridized carbons (Fsp3) is 0.438. The van der Waals surface area contributed by atoms with Crippen LogP contribution in [0, 0.1) is 0 Å². The first-order valence-electron chi connectivity index (χ1n) is 7.21. The van der Waals surface area contributed by atoms with Crippen LogP contribution in [0.15, 0.2) is 37.1 Å². The average Bonchev–Trinajstić information content (AvgIpc) is 2.59. The number of amides is 1. The Kier molecular flexibility index (Phi) is 11.3. The van der Waals surface area contributed by atoms with Gasteiger partial charge in [0.15, 0.2) is 6.10 Å². The highest BCUT2D eigenvalue weighted by atomic mass is 16.6. The SMILES string of the molecule is C=CC(=O)OCCNC(=O)OC(COC(=O)C=C)CO/C(C)=C/C. The fourth-order valence-corrected chi connectivity index (χ4v) is 1.21. The molecule has 0 bridgehead atoms. The third-order valence-corrected chi connectivity index (χ3v) is 2.54. The molecule has 1 amide bonds. The summed E-state index contributed by atoms with van der Waals surface area (Å²) in [5, 5.41) is 2.39. The zero-order valence-electron chi connectivity index (χ0n) is 13.9. The predicted molar refractivity (Wildman–Crippen MR) is 86.0 cm³/mol. The maximum Gasteiger partial charge on any atom is 0.407 e. The molecule has 134 valence electrons. The van der Waals surface area contributed by atoms with Crippen LogP contribution in [0.5, 0.6) is 0 Å². The molecule has 24 heavy (non-hydrogen) atoms. The van der Waals surface area contributed by atoms with Crippen LogP contribution in [0.1, 0.15) is 13.8 Å². The van der Waals surface area contributed by atoms with Crippen LogP contribution in [-0.2, 0) is 28.5 Å². The molecule has 0 spiro atoms. The maximum absolute atomic E-state index is 11.7. The molecule has 0 aromatic heterocycles. The number of alkyl carbamates (subject to hydrolysis) is 1. The van der Waals surface area contributed by atoms with E-state index in [-0.39, 0.29) is 26.4 Å². The molecule has 8 heteroatoms. The average molecular weight is 341 g/mol. The predicted octanol–water partition coefficient (Wildman–Crippen LogP) is 1.48. The van der Waals surface area contributed by atoms with Gasteiger partial charge in [-0.2, -0.15) is 0 Å². The molecule has 0 rings (SSSR count). The van der Waals surface area contributed by atoms with E-state index >= 15 is 0 Å². The molecule has 0 aliphatic carbocycles. The number of hydrogen-bond donors (Lipinski definition) is 1. The number of hydrogen-bond acceptors (Lipinski definition) is 7. The molecular weight excluding hydrogens is 318 g/mol. The van der Waals surface area contributed by atoms with Crippen molar-refractivity contribution in [3.8, 4) is 0 Å². The molecule has 0 saturated carbocycles. The number of rotatable bonds is 11. The van der Waals surface area contributed by atoms with Crippen molar-refractivity contribution in [2.45, 2.75) is 20.0 Å². The van der Waals surface area contributed by atoms with Crippen molar-refractivity contribution in [2.75, 3.05) is 26.4 Å². The highest BCUT2D eigenvalue weighted by Crippen LogP contribution is 2.02. The van der Waals surface area contributed by atoms with Crippen molar-refractivity contribution in [3.05, 3.63) is 37.1 Å². The highest BCUT2D eigenvalue weighted by molar-refractivity contribution is 5.81. The van der Waals surface area contributed by atoms with Crippen molar-refractivity contribution < 1.29 is 33.3 Å². The van der Waals surface area contributed by atoms with Crippen LogP contribution in [0.2, 0.25) is 0 Å². The standard InChI is InChI=1S/C16H23NO7/c1-5-12(4)22-10-13(11-23-15(19)7-3)24-16(20)17-8-9-21-14(18)6-2/h5-7,13H,2-3,8-11H2,1,4H3,(H,17,20)/b12-5+. The number of esters is 2. The van der Waals surface area contributed by atoms with Crippen LogP contribution in [0.3, 0.4) is 0 Å². The maximum atomic E-state index is 11.7. The Balaban J connectivity index is 4.31. The number of nitrogens with one attached hydrogen (secondary N) is 1. The summed E-state index contributed by atoms with van der Waals surface area (Å²) in [7, 11) is 0. The van der Waals surface area contributed by atoms with Crippen molar-refractivity contribution >= 4 is 18.0 Å². The van der Waals surface area contributed by atoms with Crippen LogP contribution in [0.4, 0.5) is 4.79 Å². The summed E-state index contributed by atoms with van der Waals surface area (Å²) in [6.07, 6.45) is 2.19. The minimum atomic E-state index is -0.806. The summed E-state index contributed by atoms with van der Waals surface area (Å²) in [5.41, 5.74) is 0. The molecule has 0 aromatic rings. The smallest absolute Gasteiger partial charge is 0.407 e. The lowest BCUT2D eigenvalue weighted by Gasteiger charge is -2.18. The summed E-state index contributed by atoms with van der Waals surface area (Å²) in [6, 6.07) is 0. The number of allylic oxidation sites excluding steroid dienone is 2. The van der Waals surface area contributed by atoms with Crippen LogP contribution < -0.4 is 5.32 Å². The first kappa shape index (κ1) is 21.2. The minimum absolute atomic E-state index is 0.0134. The molecule has 1 unspecified atom stereocenters. The second kappa shape index (κ2) is 12.7. The van der Waals surface area contributed by atoms with Crippen LogP contribution in [-0.4, -0.2) is 50.5 Å². The van der Waals surface area contributed by atoms with E-state index < -0.39 is 24.1 Å². The van der Waals surface area contributed by atoms with Crippen LogP contribution in [0.25, 0.3) is 0 Å². The Morgan fingerprint density at radius 1 is 1.04 bits per heavy atom. The Morgan fingerprint density at radius 3 is 2.21 bits per heavy atom. The Labute approximate surface area is 141 Å². The van der Waals surface area contributed by atoms with Gasteiger partial charge in [0.2, 0.25) is 0 Å². The van der Waals surface area contributed by atoms with Gasteiger partial charge < -0.3 is 24.3 Å². The largest absolute Gasteiger partial charge is 0.495 e. The monoisotopic (exact) mass is 341 g/mol. The van der Waals surface area contributed by atoms with Gasteiger partial charge in [0, 0.05) is 12.2 Å². The van der Waals surface area contributed by atoms with Gasteiger partial charge in [-0.05, 0) is 13.8 Å². The highest BCUT2D eigenvalue weighted by Gasteiger charge is 2.17. The molecule has 0 saturated heterocycles. The molecule has 0 aromatic carbocycles. The first-order valence-corrected chi connectivity index (χ1v) is 7.21. The van der Waals surface area contributed by atoms with E-state index in [0.717, 1.165) is 12.2 Å². The van der Waals surface area contributed by atoms with Gasteiger partial charge in [-0.25, -0.2) is 14.4 Å². The topological polar surface area (TPSA) is 100 Å². The van der Waals surface area contributed by atoms with Gasteiger partial charge in [0.25, 0.3) is 0 Å². The normalized spacial score (nSPS) is 11.7. The molecule has 1 atom stereocenters. The molecule has 0 radical (unpaired) electrons. The molecule has 0 aliphatic rings. The molecule has 0 aliphatic heterocycles. The van der Waals surface area contributed by atoms with Crippen LogP contribution >= 0.6 is 0 Å². The summed E-state index contributed by atoms with van der Waals surface area (Å²) < 4.78 is 20.0. The number of carbonyl (C=O) groups is 3. The summed E-state index contributed by atoms with van der Waals surface area (Å²) in [5.74, 6) is -0.590. The molecule has 1 N–H and O–H groups in total. The second-order valence-corrected chi connectivity index (χ2v) is 4.37.